The monoisotopic (exact) mass is 820 g/mol. The van der Waals surface area contributed by atoms with Crippen molar-refractivity contribution in [3.05, 3.63) is 135 Å². The lowest BCUT2D eigenvalue weighted by Crippen LogP contribution is -2.55. The summed E-state index contributed by atoms with van der Waals surface area (Å²) < 4.78 is 6.47. The van der Waals surface area contributed by atoms with Gasteiger partial charge in [-0.15, -0.1) is 15.3 Å². The molecular weight excluding hydrogens is 785 g/mol. The Balaban J connectivity index is 0.981. The highest BCUT2D eigenvalue weighted by molar-refractivity contribution is 7.13. The highest BCUT2D eigenvalue weighted by atomic mass is 32.1. The molecule has 5 atom stereocenters. The predicted molar refractivity (Wildman–Crippen MR) is 216 cm³/mol. The molecule has 0 saturated heterocycles. The normalized spacial score (nSPS) is 20.4. The first kappa shape index (κ1) is 38.1. The summed E-state index contributed by atoms with van der Waals surface area (Å²) in [4.78, 5) is 72.5. The molecule has 0 unspecified atom stereocenters. The van der Waals surface area contributed by atoms with Gasteiger partial charge in [-0.25, -0.2) is 15.0 Å². The van der Waals surface area contributed by atoms with Gasteiger partial charge in [-0.05, 0) is 53.1 Å². The van der Waals surface area contributed by atoms with Gasteiger partial charge in [-0.1, -0.05) is 72.0 Å². The fourth-order valence-electron chi connectivity index (χ4n) is 7.74. The Bertz CT molecular complexity index is 2650. The average molecular weight is 821 g/mol. The third-order valence-corrected chi connectivity index (χ3v) is 11.7. The van der Waals surface area contributed by atoms with Crippen molar-refractivity contribution in [2.45, 2.75) is 49.8 Å². The number of anilines is 2. The lowest BCUT2D eigenvalue weighted by molar-refractivity contribution is -0.121. The predicted octanol–water partition coefficient (Wildman–Crippen LogP) is 3.36. The van der Waals surface area contributed by atoms with Crippen LogP contribution in [-0.4, -0.2) is 90.8 Å². The maximum Gasteiger partial charge on any atom is 0.291 e. The van der Waals surface area contributed by atoms with E-state index in [2.05, 4.69) is 52.0 Å². The Labute approximate surface area is 346 Å². The van der Waals surface area contributed by atoms with Crippen LogP contribution in [-0.2, 0) is 22.4 Å². The van der Waals surface area contributed by atoms with Crippen LogP contribution in [0.5, 0.6) is 5.75 Å². The summed E-state index contributed by atoms with van der Waals surface area (Å²) in [7, 11) is 1.55. The van der Waals surface area contributed by atoms with Gasteiger partial charge in [-0.2, -0.15) is 5.26 Å². The summed E-state index contributed by atoms with van der Waals surface area (Å²) in [5.74, 6) is -1.32. The molecule has 1 saturated carbocycles. The highest BCUT2D eigenvalue weighted by Gasteiger charge is 2.53. The van der Waals surface area contributed by atoms with Crippen molar-refractivity contribution in [3.8, 4) is 11.8 Å². The van der Waals surface area contributed by atoms with Gasteiger partial charge in [0.05, 0.1) is 5.56 Å². The number of carbonyl (C=O) groups is 4. The van der Waals surface area contributed by atoms with E-state index in [1.165, 1.54) is 22.2 Å². The molecule has 0 radical (unpaired) electrons. The van der Waals surface area contributed by atoms with Gasteiger partial charge in [-0.3, -0.25) is 34.1 Å². The number of H-pyrrole nitrogens is 1. The first-order valence-electron chi connectivity index (χ1n) is 19.3. The average Bonchev–Trinajstić information content (AvgIpc) is 3.72. The van der Waals surface area contributed by atoms with Gasteiger partial charge in [0.2, 0.25) is 10.8 Å². The smallest absolute Gasteiger partial charge is 0.291 e. The maximum absolute atomic E-state index is 14.7. The molecule has 1 fully saturated rings. The van der Waals surface area contributed by atoms with Gasteiger partial charge in [0.15, 0.2) is 11.6 Å². The Kier molecular flexibility index (Phi) is 10.2. The van der Waals surface area contributed by atoms with Crippen LogP contribution in [0.1, 0.15) is 72.3 Å². The van der Waals surface area contributed by atoms with Crippen LogP contribution in [0.15, 0.2) is 91.3 Å². The minimum atomic E-state index is -1.24. The molecule has 60 heavy (non-hydrogen) atoms. The number of ether oxygens (including phenoxy) is 1. The van der Waals surface area contributed by atoms with Crippen molar-refractivity contribution in [2.24, 2.45) is 5.92 Å². The number of likely N-dealkylation sites (N-methyl/N-ethyl adjacent to an activating group) is 1. The third kappa shape index (κ3) is 7.65. The molecule has 6 heterocycles. The molecule has 4 amide bonds. The molecule has 0 spiro atoms. The minimum absolute atomic E-state index is 0.0286. The van der Waals surface area contributed by atoms with E-state index in [0.29, 0.717) is 52.8 Å². The second-order valence-electron chi connectivity index (χ2n) is 14.7. The molecule has 18 heteroatoms. The van der Waals surface area contributed by atoms with Crippen molar-refractivity contribution in [1.29, 1.82) is 5.26 Å². The zero-order valence-corrected chi connectivity index (χ0v) is 32.9. The fourth-order valence-corrected chi connectivity index (χ4v) is 8.52. The van der Waals surface area contributed by atoms with Crippen molar-refractivity contribution < 1.29 is 23.9 Å². The van der Waals surface area contributed by atoms with E-state index in [0.717, 1.165) is 22.5 Å². The van der Waals surface area contributed by atoms with Crippen molar-refractivity contribution in [1.82, 2.24) is 46.0 Å². The number of pyridine rings is 2. The molecule has 2 aromatic carbocycles. The fraction of sp³-hybridized carbons (Fsp3) is 0.262. The molecule has 300 valence electrons. The zero-order valence-electron chi connectivity index (χ0n) is 32.1. The number of aromatic nitrogens is 7. The lowest BCUT2D eigenvalue weighted by Gasteiger charge is -2.30. The number of aromatic amines is 1. The third-order valence-electron chi connectivity index (χ3n) is 10.8. The Hall–Kier alpha value is -7.39. The number of hydrogen-bond acceptors (Lipinski definition) is 13. The summed E-state index contributed by atoms with van der Waals surface area (Å²) in [5.41, 5.74) is 3.02. The Morgan fingerprint density at radius 2 is 1.67 bits per heavy atom. The molecular formula is C42H36N12O5S. The van der Waals surface area contributed by atoms with E-state index >= 15 is 0 Å². The van der Waals surface area contributed by atoms with Crippen LogP contribution in [0.25, 0.3) is 0 Å². The van der Waals surface area contributed by atoms with E-state index in [4.69, 9.17) is 4.74 Å². The summed E-state index contributed by atoms with van der Waals surface area (Å²) in [6, 6.07) is 24.3. The van der Waals surface area contributed by atoms with Crippen LogP contribution >= 0.6 is 11.3 Å². The van der Waals surface area contributed by atoms with Crippen LogP contribution in [0, 0.1) is 17.2 Å². The summed E-state index contributed by atoms with van der Waals surface area (Å²) >= 11 is 1.12. The standard InChI is InChI=1S/C42H36N12O5S/c1-53-37-30(13-8-15-44-37)59-29(34(41(53)57)48-39(56)40-52-50-32(60-40)19-24-11-6-3-7-12-24)14-16-54-36-28(17-25(21-43)22-45-36)26-20-27(26)33(42(54)58)47-38(55)35-46-31(49-51-35)18-23-9-4-2-5-10-23/h2-13,15,17,22,26-27,29,33-34H,14,16,18-20H2,1H3,(H,47,55)(H,48,56)(H,46,49,51)/t26-,27+,29-,33+,34+/m1/s1. The molecule has 2 aliphatic heterocycles. The molecule has 3 N–H and O–H groups in total. The van der Waals surface area contributed by atoms with Gasteiger partial charge in [0.25, 0.3) is 23.6 Å². The van der Waals surface area contributed by atoms with Gasteiger partial charge in [0.1, 0.15) is 40.9 Å². The number of benzene rings is 2. The van der Waals surface area contributed by atoms with E-state index < -0.39 is 41.8 Å². The number of hydrogen-bond donors (Lipinski definition) is 3. The van der Waals surface area contributed by atoms with Crippen molar-refractivity contribution in [2.75, 3.05) is 23.4 Å². The summed E-state index contributed by atoms with van der Waals surface area (Å²) in [6.07, 6.45) is 3.45. The zero-order chi connectivity index (χ0) is 41.3. The van der Waals surface area contributed by atoms with Gasteiger partial charge in [0, 0.05) is 45.2 Å². The number of rotatable bonds is 11. The Morgan fingerprint density at radius 1 is 0.917 bits per heavy atom. The quantitative estimate of drug-likeness (QED) is 0.171. The van der Waals surface area contributed by atoms with Gasteiger partial charge >= 0.3 is 0 Å². The van der Waals surface area contributed by atoms with Crippen molar-refractivity contribution in [3.63, 3.8) is 0 Å². The van der Waals surface area contributed by atoms with E-state index in [-0.39, 0.29) is 41.5 Å². The second kappa shape index (κ2) is 16.1. The van der Waals surface area contributed by atoms with Crippen LogP contribution in [0.4, 0.5) is 11.6 Å². The first-order valence-corrected chi connectivity index (χ1v) is 20.1. The van der Waals surface area contributed by atoms with E-state index in [9.17, 15) is 24.4 Å². The van der Waals surface area contributed by atoms with Crippen LogP contribution < -0.4 is 25.2 Å². The molecule has 6 aromatic rings. The lowest BCUT2D eigenvalue weighted by atomic mass is 10.1. The molecule has 0 bridgehead atoms. The number of amides is 4. The molecule has 9 rings (SSSR count). The molecule has 3 aliphatic rings. The van der Waals surface area contributed by atoms with Crippen molar-refractivity contribution >= 4 is 46.6 Å². The SMILES string of the molecule is CN1C(=O)[C@@H](NC(=O)c2nnc(Cc3ccccc3)s2)[C@@H](CCN2C(=O)[C@@H](NC(=O)c3n[nH]c(Cc4ccccc4)n3)[C@H]3C[C@H]3c3cc(C#N)cnc32)Oc2cccnc21. The highest BCUT2D eigenvalue weighted by Crippen LogP contribution is 2.54. The van der Waals surface area contributed by atoms with Crippen LogP contribution in [0.2, 0.25) is 0 Å². The number of nitrogens with one attached hydrogen (secondary N) is 3. The van der Waals surface area contributed by atoms with Crippen LogP contribution in [0.3, 0.4) is 0 Å². The van der Waals surface area contributed by atoms with E-state index in [1.54, 1.807) is 25.2 Å². The second-order valence-corrected chi connectivity index (χ2v) is 15.8. The largest absolute Gasteiger partial charge is 0.484 e. The number of fused-ring (bicyclic) bond motifs is 4. The summed E-state index contributed by atoms with van der Waals surface area (Å²) in [6.45, 7) is -0.0396. The number of nitriles is 1. The van der Waals surface area contributed by atoms with Gasteiger partial charge < -0.3 is 15.4 Å². The summed E-state index contributed by atoms with van der Waals surface area (Å²) in [5, 5.41) is 31.5. The minimum Gasteiger partial charge on any atom is -0.484 e. The molecule has 4 aromatic heterocycles. The number of nitrogens with zero attached hydrogens (tertiary/aromatic N) is 9. The number of carbonyl (C=O) groups excluding carboxylic acids is 4. The topological polar surface area (TPSA) is 225 Å². The Morgan fingerprint density at radius 3 is 2.43 bits per heavy atom. The van der Waals surface area contributed by atoms with E-state index in [1.807, 2.05) is 60.7 Å². The molecule has 17 nitrogen and oxygen atoms in total. The molecule has 1 aliphatic carbocycles. The first-order chi connectivity index (χ1) is 29.2. The maximum atomic E-state index is 14.7.